The summed E-state index contributed by atoms with van der Waals surface area (Å²) < 4.78 is 5.59. The van der Waals surface area contributed by atoms with Crippen LogP contribution in [0.5, 0.6) is 0 Å². The molecule has 3 N–H and O–H groups in total. The van der Waals surface area contributed by atoms with Crippen molar-refractivity contribution >= 4 is 11.9 Å². The number of ether oxygens (including phenoxy) is 1. The van der Waals surface area contributed by atoms with E-state index in [1.165, 1.54) is 0 Å². The van der Waals surface area contributed by atoms with Crippen molar-refractivity contribution in [3.63, 3.8) is 0 Å². The largest absolute Gasteiger partial charge is 0.512 e. The van der Waals surface area contributed by atoms with E-state index in [-0.39, 0.29) is 43.6 Å². The van der Waals surface area contributed by atoms with Gasteiger partial charge in [0.15, 0.2) is 0 Å². The first-order valence-corrected chi connectivity index (χ1v) is 11.0. The van der Waals surface area contributed by atoms with Crippen LogP contribution in [0.25, 0.3) is 0 Å². The predicted molar refractivity (Wildman–Crippen MR) is 119 cm³/mol. The fourth-order valence-corrected chi connectivity index (χ4v) is 4.21. The Labute approximate surface area is 189 Å². The molecule has 2 atom stereocenters. The number of carboxylic acids is 2. The van der Waals surface area contributed by atoms with Gasteiger partial charge in [-0.05, 0) is 38.3 Å². The van der Waals surface area contributed by atoms with Crippen LogP contribution in [-0.4, -0.2) is 79.9 Å². The number of carbonyl (C=O) groups is 2. The van der Waals surface area contributed by atoms with E-state index in [1.807, 2.05) is 30.9 Å². The molecule has 2 rings (SSSR count). The summed E-state index contributed by atoms with van der Waals surface area (Å²) in [4.78, 5) is 31.1. The Balaban J connectivity index is 2.21. The van der Waals surface area contributed by atoms with E-state index in [4.69, 9.17) is 4.74 Å². The topological polar surface area (TPSA) is 123 Å². The average Bonchev–Trinajstić information content (AvgIpc) is 2.71. The Hall–Kier alpha value is -2.49. The van der Waals surface area contributed by atoms with Gasteiger partial charge in [-0.15, -0.1) is 0 Å². The number of carboxylic acid groups (broad SMARTS) is 2. The minimum atomic E-state index is -0.999. The summed E-state index contributed by atoms with van der Waals surface area (Å²) in [6, 6.07) is 3.41. The lowest BCUT2D eigenvalue weighted by atomic mass is 9.87. The second-order valence-corrected chi connectivity index (χ2v) is 8.60. The Morgan fingerprint density at radius 3 is 2.16 bits per heavy atom. The number of aromatic nitrogens is 1. The molecule has 0 saturated heterocycles. The lowest BCUT2D eigenvalue weighted by molar-refractivity contribution is -0.142. The lowest BCUT2D eigenvalue weighted by Gasteiger charge is -2.44. The van der Waals surface area contributed by atoms with E-state index < -0.39 is 11.9 Å². The van der Waals surface area contributed by atoms with Crippen LogP contribution in [0, 0.1) is 0 Å². The highest BCUT2D eigenvalue weighted by atomic mass is 16.5. The molecule has 1 heterocycles. The molecule has 0 amide bonds. The molecule has 32 heavy (non-hydrogen) atoms. The van der Waals surface area contributed by atoms with Crippen molar-refractivity contribution < 1.29 is 29.6 Å². The lowest BCUT2D eigenvalue weighted by Crippen LogP contribution is -2.55. The number of aliphatic hydroxyl groups is 1. The van der Waals surface area contributed by atoms with Gasteiger partial charge in [-0.2, -0.15) is 0 Å². The molecule has 1 unspecified atom stereocenters. The van der Waals surface area contributed by atoms with Crippen molar-refractivity contribution in [3.05, 3.63) is 41.9 Å². The van der Waals surface area contributed by atoms with Gasteiger partial charge in [0.1, 0.15) is 0 Å². The van der Waals surface area contributed by atoms with E-state index in [2.05, 4.69) is 11.6 Å². The van der Waals surface area contributed by atoms with Gasteiger partial charge in [0.05, 0.1) is 43.8 Å². The Morgan fingerprint density at radius 2 is 1.66 bits per heavy atom. The van der Waals surface area contributed by atoms with E-state index in [9.17, 15) is 24.9 Å². The molecule has 0 aliphatic heterocycles. The Bertz CT molecular complexity index is 752. The van der Waals surface area contributed by atoms with E-state index in [1.54, 1.807) is 11.1 Å². The maximum absolute atomic E-state index is 11.6. The van der Waals surface area contributed by atoms with Crippen LogP contribution < -0.4 is 0 Å². The highest BCUT2D eigenvalue weighted by Crippen LogP contribution is 2.28. The van der Waals surface area contributed by atoms with Crippen LogP contribution in [0.4, 0.5) is 0 Å². The smallest absolute Gasteiger partial charge is 0.317 e. The standard InChI is InChI=1S/C23H35N3O6/c1-16(2)32-15-18-8-9-19(24-10-18)12-26(14-23(30)31)21-7-5-4-6-20(21)25(11-17(3)27)13-22(28)29/h8-10,16,20-21,27H,3-7,11-15H2,1-2H3,(H,28,29)(H,30,31)/t20?,21-/m0/s1. The minimum absolute atomic E-state index is 0.0389. The Kier molecular flexibility index (Phi) is 10.1. The molecule has 9 heteroatoms. The maximum Gasteiger partial charge on any atom is 0.317 e. The molecule has 0 radical (unpaired) electrons. The van der Waals surface area contributed by atoms with Crippen molar-refractivity contribution in [1.82, 2.24) is 14.8 Å². The van der Waals surface area contributed by atoms with Crippen LogP contribution >= 0.6 is 0 Å². The number of hydrogen-bond donors (Lipinski definition) is 3. The van der Waals surface area contributed by atoms with Crippen LogP contribution in [0.2, 0.25) is 0 Å². The summed E-state index contributed by atoms with van der Waals surface area (Å²) >= 11 is 0. The van der Waals surface area contributed by atoms with E-state index in [0.717, 1.165) is 36.9 Å². The normalized spacial score (nSPS) is 18.9. The molecule has 0 spiro atoms. The first-order chi connectivity index (χ1) is 15.2. The molecule has 9 nitrogen and oxygen atoms in total. The summed E-state index contributed by atoms with van der Waals surface area (Å²) in [6.45, 7) is 7.85. The minimum Gasteiger partial charge on any atom is -0.512 e. The highest BCUT2D eigenvalue weighted by molar-refractivity contribution is 5.69. The summed E-state index contributed by atoms with van der Waals surface area (Å²) in [5.74, 6) is -2.06. The molecular formula is C23H35N3O6. The number of aliphatic hydroxyl groups excluding tert-OH is 1. The van der Waals surface area contributed by atoms with Gasteiger partial charge < -0.3 is 20.1 Å². The summed E-state index contributed by atoms with van der Waals surface area (Å²) in [5, 5.41) is 28.6. The van der Waals surface area contributed by atoms with Crippen LogP contribution in [0.15, 0.2) is 30.7 Å². The quantitative estimate of drug-likeness (QED) is 0.390. The molecular weight excluding hydrogens is 414 g/mol. The molecule has 1 saturated carbocycles. The molecule has 1 aromatic heterocycles. The SMILES string of the molecule is C=C(O)CN(CC(=O)O)C1CCCC[C@@H]1N(CC(=O)O)Cc1ccc(COC(C)C)cn1. The monoisotopic (exact) mass is 449 g/mol. The summed E-state index contributed by atoms with van der Waals surface area (Å²) in [5.41, 5.74) is 1.68. The average molecular weight is 450 g/mol. The summed E-state index contributed by atoms with van der Waals surface area (Å²) in [6.07, 6.45) is 5.16. The number of nitrogens with zero attached hydrogens (tertiary/aromatic N) is 3. The molecule has 1 aromatic rings. The van der Waals surface area contributed by atoms with Gasteiger partial charge in [-0.3, -0.25) is 24.4 Å². The van der Waals surface area contributed by atoms with Crippen molar-refractivity contribution in [3.8, 4) is 0 Å². The molecule has 1 aliphatic rings. The van der Waals surface area contributed by atoms with Gasteiger partial charge in [-0.1, -0.05) is 25.5 Å². The van der Waals surface area contributed by atoms with Gasteiger partial charge in [0.25, 0.3) is 0 Å². The Morgan fingerprint density at radius 1 is 1.06 bits per heavy atom. The second-order valence-electron chi connectivity index (χ2n) is 8.60. The van der Waals surface area contributed by atoms with Gasteiger partial charge >= 0.3 is 11.9 Å². The van der Waals surface area contributed by atoms with Crippen LogP contribution in [0.1, 0.15) is 50.8 Å². The summed E-state index contributed by atoms with van der Waals surface area (Å²) in [7, 11) is 0. The zero-order chi connectivity index (χ0) is 23.7. The number of hydrogen-bond acceptors (Lipinski definition) is 7. The van der Waals surface area contributed by atoms with E-state index >= 15 is 0 Å². The zero-order valence-corrected chi connectivity index (χ0v) is 18.9. The highest BCUT2D eigenvalue weighted by Gasteiger charge is 2.36. The van der Waals surface area contributed by atoms with Crippen LogP contribution in [0.3, 0.4) is 0 Å². The van der Waals surface area contributed by atoms with Crippen molar-refractivity contribution in [2.75, 3.05) is 19.6 Å². The third-order valence-electron chi connectivity index (χ3n) is 5.53. The zero-order valence-electron chi connectivity index (χ0n) is 18.9. The first kappa shape index (κ1) is 25.8. The van der Waals surface area contributed by atoms with Crippen molar-refractivity contribution in [1.29, 1.82) is 0 Å². The van der Waals surface area contributed by atoms with Crippen molar-refractivity contribution in [2.24, 2.45) is 0 Å². The molecule has 1 aliphatic carbocycles. The number of pyridine rings is 1. The predicted octanol–water partition coefficient (Wildman–Crippen LogP) is 2.66. The van der Waals surface area contributed by atoms with Gasteiger partial charge in [0.2, 0.25) is 0 Å². The molecule has 0 bridgehead atoms. The maximum atomic E-state index is 11.6. The second kappa shape index (κ2) is 12.5. The fraction of sp³-hybridized carbons (Fsp3) is 0.609. The van der Waals surface area contributed by atoms with E-state index in [0.29, 0.717) is 13.2 Å². The number of aliphatic carboxylic acids is 2. The van der Waals surface area contributed by atoms with Crippen molar-refractivity contribution in [2.45, 2.75) is 70.9 Å². The molecule has 0 aromatic carbocycles. The third kappa shape index (κ3) is 8.57. The molecule has 178 valence electrons. The first-order valence-electron chi connectivity index (χ1n) is 11.0. The fourth-order valence-electron chi connectivity index (χ4n) is 4.21. The van der Waals surface area contributed by atoms with Crippen LogP contribution in [-0.2, 0) is 27.5 Å². The van der Waals surface area contributed by atoms with Gasteiger partial charge in [-0.25, -0.2) is 0 Å². The van der Waals surface area contributed by atoms with Gasteiger partial charge in [0, 0.05) is 24.8 Å². The number of rotatable bonds is 13. The molecule has 1 fully saturated rings. The third-order valence-corrected chi connectivity index (χ3v) is 5.53.